The number of nitrogens with one attached hydrogen (secondary N) is 1. The van der Waals surface area contributed by atoms with Crippen molar-refractivity contribution in [2.75, 3.05) is 25.5 Å². The van der Waals surface area contributed by atoms with E-state index in [2.05, 4.69) is 10.5 Å². The number of hydrogen-bond acceptors (Lipinski definition) is 6. The SMILES string of the molecule is COc1cccc(C2=NOC3(CCN(OC(=O)Nc4ccccc4C)CC3)C2)c1. The lowest BCUT2D eigenvalue weighted by Gasteiger charge is -2.35. The third-order valence-electron chi connectivity index (χ3n) is 5.47. The van der Waals surface area contributed by atoms with E-state index < -0.39 is 6.09 Å². The van der Waals surface area contributed by atoms with Gasteiger partial charge in [0.25, 0.3) is 0 Å². The van der Waals surface area contributed by atoms with Crippen molar-refractivity contribution in [1.82, 2.24) is 5.06 Å². The molecule has 1 fully saturated rings. The van der Waals surface area contributed by atoms with Crippen molar-refractivity contribution in [2.24, 2.45) is 5.16 Å². The van der Waals surface area contributed by atoms with Crippen LogP contribution >= 0.6 is 0 Å². The number of rotatable bonds is 4. The quantitative estimate of drug-likeness (QED) is 0.843. The van der Waals surface area contributed by atoms with Crippen molar-refractivity contribution in [3.63, 3.8) is 0 Å². The van der Waals surface area contributed by atoms with Crippen LogP contribution in [-0.4, -0.2) is 42.7 Å². The number of carbonyl (C=O) groups excluding carboxylic acids is 1. The summed E-state index contributed by atoms with van der Waals surface area (Å²) in [4.78, 5) is 23.5. The first kappa shape index (κ1) is 19.3. The highest BCUT2D eigenvalue weighted by Crippen LogP contribution is 2.36. The Balaban J connectivity index is 1.29. The standard InChI is InChI=1S/C22H25N3O4/c1-16-6-3-4-9-19(16)23-21(26)28-25-12-10-22(11-13-25)15-20(24-29-22)17-7-5-8-18(14-17)27-2/h3-9,14H,10-13,15H2,1-2H3,(H,23,26). The molecule has 0 bridgehead atoms. The third-order valence-corrected chi connectivity index (χ3v) is 5.47. The molecule has 2 aliphatic heterocycles. The molecular weight excluding hydrogens is 370 g/mol. The summed E-state index contributed by atoms with van der Waals surface area (Å²) < 4.78 is 5.30. The summed E-state index contributed by atoms with van der Waals surface area (Å²) in [6.45, 7) is 3.14. The fraction of sp³-hybridized carbons (Fsp3) is 0.364. The van der Waals surface area contributed by atoms with E-state index in [9.17, 15) is 4.79 Å². The molecule has 4 rings (SSSR count). The Labute approximate surface area is 170 Å². The molecule has 2 aromatic rings. The van der Waals surface area contributed by atoms with Crippen LogP contribution in [0.4, 0.5) is 10.5 Å². The molecule has 2 aliphatic rings. The van der Waals surface area contributed by atoms with Gasteiger partial charge in [0, 0.05) is 43.6 Å². The predicted molar refractivity (Wildman–Crippen MR) is 110 cm³/mol. The number of piperidine rings is 1. The van der Waals surface area contributed by atoms with Crippen molar-refractivity contribution in [3.8, 4) is 5.75 Å². The molecule has 1 amide bonds. The number of carbonyl (C=O) groups is 1. The molecule has 7 nitrogen and oxygen atoms in total. The van der Waals surface area contributed by atoms with E-state index in [0.29, 0.717) is 13.1 Å². The number of anilines is 1. The highest BCUT2D eigenvalue weighted by molar-refractivity contribution is 6.02. The largest absolute Gasteiger partial charge is 0.497 e. The van der Waals surface area contributed by atoms with E-state index in [1.165, 1.54) is 0 Å². The van der Waals surface area contributed by atoms with E-state index in [1.807, 2.05) is 55.5 Å². The molecular formula is C22H25N3O4. The van der Waals surface area contributed by atoms with Gasteiger partial charge < -0.3 is 14.4 Å². The lowest BCUT2D eigenvalue weighted by atomic mass is 9.86. The molecule has 152 valence electrons. The van der Waals surface area contributed by atoms with Gasteiger partial charge in [0.15, 0.2) is 0 Å². The molecule has 29 heavy (non-hydrogen) atoms. The summed E-state index contributed by atoms with van der Waals surface area (Å²) in [6.07, 6.45) is 1.74. The zero-order valence-corrected chi connectivity index (χ0v) is 16.7. The second-order valence-corrected chi connectivity index (χ2v) is 7.47. The molecule has 1 N–H and O–H groups in total. The lowest BCUT2D eigenvalue weighted by molar-refractivity contribution is -0.154. The predicted octanol–water partition coefficient (Wildman–Crippen LogP) is 4.13. The van der Waals surface area contributed by atoms with Crippen LogP contribution in [-0.2, 0) is 9.68 Å². The van der Waals surface area contributed by atoms with Crippen molar-refractivity contribution >= 4 is 17.5 Å². The minimum Gasteiger partial charge on any atom is -0.497 e. The Morgan fingerprint density at radius 1 is 1.17 bits per heavy atom. The summed E-state index contributed by atoms with van der Waals surface area (Å²) in [5, 5.41) is 8.81. The molecule has 1 spiro atoms. The average molecular weight is 395 g/mol. The van der Waals surface area contributed by atoms with E-state index in [-0.39, 0.29) is 5.60 Å². The smallest absolute Gasteiger partial charge is 0.430 e. The van der Waals surface area contributed by atoms with E-state index >= 15 is 0 Å². The van der Waals surface area contributed by atoms with Gasteiger partial charge in [-0.1, -0.05) is 35.5 Å². The monoisotopic (exact) mass is 395 g/mol. The fourth-order valence-corrected chi connectivity index (χ4v) is 3.70. The Hall–Kier alpha value is -3.06. The first-order valence-electron chi connectivity index (χ1n) is 9.76. The zero-order valence-electron chi connectivity index (χ0n) is 16.7. The Kier molecular flexibility index (Phi) is 5.40. The first-order chi connectivity index (χ1) is 14.1. The van der Waals surface area contributed by atoms with Crippen LogP contribution < -0.4 is 10.1 Å². The number of aryl methyl sites for hydroxylation is 1. The number of ether oxygens (including phenoxy) is 1. The number of para-hydroxylation sites is 1. The van der Waals surface area contributed by atoms with Crippen LogP contribution in [0, 0.1) is 6.92 Å². The van der Waals surface area contributed by atoms with Gasteiger partial charge in [0.2, 0.25) is 0 Å². The van der Waals surface area contributed by atoms with E-state index in [4.69, 9.17) is 14.4 Å². The zero-order chi connectivity index (χ0) is 20.3. The van der Waals surface area contributed by atoms with Crippen LogP contribution in [0.25, 0.3) is 0 Å². The maximum absolute atomic E-state index is 12.2. The van der Waals surface area contributed by atoms with Crippen molar-refractivity contribution < 1.29 is 19.2 Å². The number of amides is 1. The maximum atomic E-state index is 12.2. The second kappa shape index (κ2) is 8.13. The van der Waals surface area contributed by atoms with Crippen molar-refractivity contribution in [2.45, 2.75) is 31.8 Å². The number of hydrogen-bond donors (Lipinski definition) is 1. The second-order valence-electron chi connectivity index (χ2n) is 7.47. The lowest BCUT2D eigenvalue weighted by Crippen LogP contribution is -2.45. The van der Waals surface area contributed by atoms with Gasteiger partial charge in [-0.2, -0.15) is 0 Å². The number of methoxy groups -OCH3 is 1. The summed E-state index contributed by atoms with van der Waals surface area (Å²) in [5.41, 5.74) is 3.35. The van der Waals surface area contributed by atoms with Gasteiger partial charge in [-0.05, 0) is 30.7 Å². The first-order valence-corrected chi connectivity index (χ1v) is 9.76. The molecule has 0 radical (unpaired) electrons. The summed E-state index contributed by atoms with van der Waals surface area (Å²) in [5.74, 6) is 0.800. The highest BCUT2D eigenvalue weighted by atomic mass is 16.7. The van der Waals surface area contributed by atoms with Crippen LogP contribution in [0.15, 0.2) is 53.7 Å². The van der Waals surface area contributed by atoms with Gasteiger partial charge in [0.1, 0.15) is 11.4 Å². The molecule has 2 heterocycles. The molecule has 7 heteroatoms. The maximum Gasteiger partial charge on any atom is 0.430 e. The molecule has 0 saturated carbocycles. The highest BCUT2D eigenvalue weighted by Gasteiger charge is 2.43. The van der Waals surface area contributed by atoms with Crippen molar-refractivity contribution in [3.05, 3.63) is 59.7 Å². The van der Waals surface area contributed by atoms with Gasteiger partial charge in [-0.15, -0.1) is 5.06 Å². The molecule has 2 aromatic carbocycles. The average Bonchev–Trinajstić information content (AvgIpc) is 3.15. The fourth-order valence-electron chi connectivity index (χ4n) is 3.70. The number of nitrogens with zero attached hydrogens (tertiary/aromatic N) is 2. The van der Waals surface area contributed by atoms with Gasteiger partial charge >= 0.3 is 6.09 Å². The minimum absolute atomic E-state index is 0.329. The number of oxime groups is 1. The van der Waals surface area contributed by atoms with Crippen LogP contribution in [0.5, 0.6) is 5.75 Å². The van der Waals surface area contributed by atoms with Gasteiger partial charge in [-0.3, -0.25) is 5.32 Å². The van der Waals surface area contributed by atoms with Crippen LogP contribution in [0.2, 0.25) is 0 Å². The third kappa shape index (κ3) is 4.35. The molecule has 1 saturated heterocycles. The molecule has 0 atom stereocenters. The molecule has 0 aromatic heterocycles. The normalized spacial score (nSPS) is 18.1. The number of benzene rings is 2. The molecule has 0 aliphatic carbocycles. The van der Waals surface area contributed by atoms with Crippen LogP contribution in [0.1, 0.15) is 30.4 Å². The van der Waals surface area contributed by atoms with Gasteiger partial charge in [0.05, 0.1) is 12.8 Å². The summed E-state index contributed by atoms with van der Waals surface area (Å²) in [7, 11) is 1.65. The Bertz CT molecular complexity index is 920. The topological polar surface area (TPSA) is 72.4 Å². The van der Waals surface area contributed by atoms with E-state index in [0.717, 1.165) is 47.5 Å². The Morgan fingerprint density at radius 2 is 1.97 bits per heavy atom. The van der Waals surface area contributed by atoms with Crippen molar-refractivity contribution in [1.29, 1.82) is 0 Å². The Morgan fingerprint density at radius 3 is 2.72 bits per heavy atom. The summed E-state index contributed by atoms with van der Waals surface area (Å²) in [6, 6.07) is 15.4. The minimum atomic E-state index is -0.476. The number of hydroxylamine groups is 2. The molecule has 0 unspecified atom stereocenters. The van der Waals surface area contributed by atoms with E-state index in [1.54, 1.807) is 12.2 Å². The van der Waals surface area contributed by atoms with Gasteiger partial charge in [-0.25, -0.2) is 4.79 Å². The summed E-state index contributed by atoms with van der Waals surface area (Å²) >= 11 is 0. The van der Waals surface area contributed by atoms with Crippen LogP contribution in [0.3, 0.4) is 0 Å².